The molecule has 0 saturated carbocycles. The number of hydrogen-bond acceptors (Lipinski definition) is 7. The Kier molecular flexibility index (Phi) is 8.54. The molecule has 1 amide bonds. The van der Waals surface area contributed by atoms with E-state index in [-0.39, 0.29) is 17.7 Å². The molecular weight excluding hydrogens is 516 g/mol. The number of rotatable bonds is 9. The molecule has 0 fully saturated rings. The van der Waals surface area contributed by atoms with E-state index in [9.17, 15) is 4.79 Å². The van der Waals surface area contributed by atoms with E-state index in [1.807, 2.05) is 61.0 Å². The first-order valence-electron chi connectivity index (χ1n) is 9.57. The number of nitrogens with one attached hydrogen (secondary N) is 2. The SMILES string of the molecule is COc1ccc(Br)cc1/C=N/NC(=O)CSc1nnc(C(C)Nc2cccc(Cl)c2)n1C. The lowest BCUT2D eigenvalue weighted by Crippen LogP contribution is -2.20. The molecule has 2 aromatic carbocycles. The van der Waals surface area contributed by atoms with Gasteiger partial charge in [-0.3, -0.25) is 4.79 Å². The Balaban J connectivity index is 1.54. The molecule has 2 N–H and O–H groups in total. The number of methoxy groups -OCH3 is 1. The van der Waals surface area contributed by atoms with Crippen molar-refractivity contribution in [2.75, 3.05) is 18.2 Å². The molecule has 1 aromatic heterocycles. The first-order chi connectivity index (χ1) is 15.4. The highest BCUT2D eigenvalue weighted by molar-refractivity contribution is 9.10. The standard InChI is InChI=1S/C21H22BrClN6O2S/c1-13(25-17-6-4-5-16(23)10-17)20-27-28-21(29(20)2)32-12-19(30)26-24-11-14-9-15(22)7-8-18(14)31-3/h4-11,13,25H,12H2,1-3H3,(H,26,30)/b24-11+. The second-order valence-corrected chi connectivity index (χ2v) is 9.04. The van der Waals surface area contributed by atoms with Crippen molar-refractivity contribution >= 4 is 57.1 Å². The molecule has 1 atom stereocenters. The molecule has 1 heterocycles. The summed E-state index contributed by atoms with van der Waals surface area (Å²) in [4.78, 5) is 12.2. The molecule has 0 aliphatic carbocycles. The summed E-state index contributed by atoms with van der Waals surface area (Å²) in [6, 6.07) is 12.9. The molecule has 1 unspecified atom stereocenters. The molecule has 0 aliphatic heterocycles. The number of halogens is 2. The summed E-state index contributed by atoms with van der Waals surface area (Å²) in [6.45, 7) is 1.98. The minimum atomic E-state index is -0.255. The molecule has 3 aromatic rings. The third-order valence-corrected chi connectivity index (χ3v) is 6.13. The molecule has 32 heavy (non-hydrogen) atoms. The van der Waals surface area contributed by atoms with Gasteiger partial charge in [-0.1, -0.05) is 45.4 Å². The van der Waals surface area contributed by atoms with Crippen molar-refractivity contribution in [3.63, 3.8) is 0 Å². The van der Waals surface area contributed by atoms with Crippen molar-refractivity contribution in [3.8, 4) is 5.75 Å². The maximum absolute atomic E-state index is 12.2. The molecule has 0 aliphatic rings. The molecule has 0 bridgehead atoms. The van der Waals surface area contributed by atoms with Crippen LogP contribution in [0.3, 0.4) is 0 Å². The van der Waals surface area contributed by atoms with E-state index in [2.05, 4.69) is 42.0 Å². The van der Waals surface area contributed by atoms with Crippen molar-refractivity contribution in [1.82, 2.24) is 20.2 Å². The van der Waals surface area contributed by atoms with Gasteiger partial charge in [-0.2, -0.15) is 5.10 Å². The Morgan fingerprint density at radius 2 is 2.16 bits per heavy atom. The van der Waals surface area contributed by atoms with E-state index < -0.39 is 0 Å². The lowest BCUT2D eigenvalue weighted by molar-refractivity contribution is -0.118. The normalized spacial score (nSPS) is 12.0. The van der Waals surface area contributed by atoms with Gasteiger partial charge in [-0.15, -0.1) is 10.2 Å². The largest absolute Gasteiger partial charge is 0.496 e. The smallest absolute Gasteiger partial charge is 0.250 e. The Morgan fingerprint density at radius 1 is 1.34 bits per heavy atom. The van der Waals surface area contributed by atoms with E-state index in [0.29, 0.717) is 15.9 Å². The Labute approximate surface area is 203 Å². The van der Waals surface area contributed by atoms with E-state index in [1.54, 1.807) is 7.11 Å². The summed E-state index contributed by atoms with van der Waals surface area (Å²) >= 11 is 10.7. The zero-order valence-corrected chi connectivity index (χ0v) is 20.8. The fourth-order valence-electron chi connectivity index (χ4n) is 2.86. The number of carbonyl (C=O) groups excluding carboxylic acids is 1. The van der Waals surface area contributed by atoms with Gasteiger partial charge in [0, 0.05) is 27.8 Å². The zero-order chi connectivity index (χ0) is 23.1. The van der Waals surface area contributed by atoms with Gasteiger partial charge in [-0.05, 0) is 43.3 Å². The van der Waals surface area contributed by atoms with Crippen LogP contribution in [0.1, 0.15) is 24.4 Å². The maximum atomic E-state index is 12.2. The van der Waals surface area contributed by atoms with Gasteiger partial charge < -0.3 is 14.6 Å². The van der Waals surface area contributed by atoms with Crippen LogP contribution in [0.4, 0.5) is 5.69 Å². The molecule has 0 saturated heterocycles. The van der Waals surface area contributed by atoms with Crippen molar-refractivity contribution in [3.05, 3.63) is 63.3 Å². The topological polar surface area (TPSA) is 93.4 Å². The number of hydrazone groups is 1. The van der Waals surface area contributed by atoms with Crippen LogP contribution in [-0.2, 0) is 11.8 Å². The number of anilines is 1. The summed E-state index contributed by atoms with van der Waals surface area (Å²) in [5.74, 6) is 1.30. The van der Waals surface area contributed by atoms with E-state index >= 15 is 0 Å². The van der Waals surface area contributed by atoms with Gasteiger partial charge in [0.15, 0.2) is 11.0 Å². The first-order valence-corrected chi connectivity index (χ1v) is 11.7. The number of aromatic nitrogens is 3. The number of carbonyl (C=O) groups is 1. The van der Waals surface area contributed by atoms with Gasteiger partial charge in [-0.25, -0.2) is 5.43 Å². The van der Waals surface area contributed by atoms with Crippen LogP contribution in [0.5, 0.6) is 5.75 Å². The lowest BCUT2D eigenvalue weighted by atomic mass is 10.2. The predicted molar refractivity (Wildman–Crippen MR) is 132 cm³/mol. The predicted octanol–water partition coefficient (Wildman–Crippen LogP) is 4.66. The van der Waals surface area contributed by atoms with Crippen molar-refractivity contribution in [2.45, 2.75) is 18.1 Å². The van der Waals surface area contributed by atoms with Gasteiger partial charge in [0.1, 0.15) is 5.75 Å². The highest BCUT2D eigenvalue weighted by atomic mass is 79.9. The summed E-state index contributed by atoms with van der Waals surface area (Å²) in [5.41, 5.74) is 4.15. The summed E-state index contributed by atoms with van der Waals surface area (Å²) in [7, 11) is 3.44. The number of nitrogens with zero attached hydrogens (tertiary/aromatic N) is 4. The van der Waals surface area contributed by atoms with E-state index in [0.717, 1.165) is 21.5 Å². The van der Waals surface area contributed by atoms with Crippen LogP contribution < -0.4 is 15.5 Å². The number of ether oxygens (including phenoxy) is 1. The van der Waals surface area contributed by atoms with Crippen LogP contribution >= 0.6 is 39.3 Å². The zero-order valence-electron chi connectivity index (χ0n) is 17.7. The fourth-order valence-corrected chi connectivity index (χ4v) is 4.14. The van der Waals surface area contributed by atoms with Gasteiger partial charge in [0.2, 0.25) is 0 Å². The van der Waals surface area contributed by atoms with E-state index in [1.165, 1.54) is 18.0 Å². The van der Waals surface area contributed by atoms with Crippen LogP contribution in [0, 0.1) is 0 Å². The molecular formula is C21H22BrClN6O2S. The van der Waals surface area contributed by atoms with Crippen LogP contribution in [0.15, 0.2) is 57.2 Å². The molecule has 8 nitrogen and oxygen atoms in total. The molecule has 168 valence electrons. The van der Waals surface area contributed by atoms with E-state index in [4.69, 9.17) is 16.3 Å². The highest BCUT2D eigenvalue weighted by Crippen LogP contribution is 2.24. The quantitative estimate of drug-likeness (QED) is 0.234. The minimum absolute atomic E-state index is 0.0982. The minimum Gasteiger partial charge on any atom is -0.496 e. The molecule has 0 spiro atoms. The number of hydrogen-bond donors (Lipinski definition) is 2. The number of thioether (sulfide) groups is 1. The third kappa shape index (κ3) is 6.47. The van der Waals surface area contributed by atoms with Gasteiger partial charge in [0.25, 0.3) is 5.91 Å². The fraction of sp³-hybridized carbons (Fsp3) is 0.238. The third-order valence-electron chi connectivity index (χ3n) is 4.38. The maximum Gasteiger partial charge on any atom is 0.250 e. The Bertz CT molecular complexity index is 1120. The van der Waals surface area contributed by atoms with Crippen LogP contribution in [0.2, 0.25) is 5.02 Å². The first kappa shape index (κ1) is 24.1. The van der Waals surface area contributed by atoms with Crippen molar-refractivity contribution < 1.29 is 9.53 Å². The van der Waals surface area contributed by atoms with Crippen molar-refractivity contribution in [1.29, 1.82) is 0 Å². The van der Waals surface area contributed by atoms with Gasteiger partial charge in [0.05, 0.1) is 25.1 Å². The molecule has 11 heteroatoms. The Hall–Kier alpha value is -2.56. The van der Waals surface area contributed by atoms with Crippen LogP contribution in [-0.4, -0.2) is 39.7 Å². The summed E-state index contributed by atoms with van der Waals surface area (Å²) in [6.07, 6.45) is 1.54. The van der Waals surface area contributed by atoms with Crippen molar-refractivity contribution in [2.24, 2.45) is 12.1 Å². The highest BCUT2D eigenvalue weighted by Gasteiger charge is 2.16. The average molecular weight is 538 g/mol. The van der Waals surface area contributed by atoms with Gasteiger partial charge >= 0.3 is 0 Å². The number of benzene rings is 2. The molecule has 3 rings (SSSR count). The number of amides is 1. The lowest BCUT2D eigenvalue weighted by Gasteiger charge is -2.15. The average Bonchev–Trinajstić information content (AvgIpc) is 3.13. The monoisotopic (exact) mass is 536 g/mol. The molecule has 0 radical (unpaired) electrons. The van der Waals surface area contributed by atoms with Crippen LogP contribution in [0.25, 0.3) is 0 Å². The summed E-state index contributed by atoms with van der Waals surface area (Å²) in [5, 5.41) is 17.1. The Morgan fingerprint density at radius 3 is 2.91 bits per heavy atom. The second-order valence-electron chi connectivity index (χ2n) is 6.74. The second kappa shape index (κ2) is 11.3. The summed E-state index contributed by atoms with van der Waals surface area (Å²) < 4.78 is 8.03.